The van der Waals surface area contributed by atoms with E-state index >= 15 is 0 Å². The Morgan fingerprint density at radius 2 is 2.11 bits per heavy atom. The molecule has 0 radical (unpaired) electrons. The Labute approximate surface area is 113 Å². The molecule has 0 aliphatic carbocycles. The summed E-state index contributed by atoms with van der Waals surface area (Å²) in [6.45, 7) is 7.33. The van der Waals surface area contributed by atoms with Crippen molar-refractivity contribution in [2.45, 2.75) is 27.7 Å². The average Bonchev–Trinajstić information content (AvgIpc) is 2.35. The number of hydrogen-bond donors (Lipinski definition) is 0. The largest absolute Gasteiger partial charge is 0.462 e. The third kappa shape index (κ3) is 4.32. The van der Waals surface area contributed by atoms with Crippen molar-refractivity contribution in [2.24, 2.45) is 5.92 Å². The number of ether oxygens (including phenoxy) is 1. The molecule has 0 unspecified atom stereocenters. The highest BCUT2D eigenvalue weighted by Crippen LogP contribution is 2.14. The van der Waals surface area contributed by atoms with Crippen LogP contribution in [0.2, 0.25) is 0 Å². The number of hydrogen-bond acceptors (Lipinski definition) is 4. The van der Waals surface area contributed by atoms with Crippen LogP contribution >= 0.6 is 0 Å². The number of carbonyl (C=O) groups excluding carboxylic acids is 2. The van der Waals surface area contributed by atoms with Crippen molar-refractivity contribution in [2.75, 3.05) is 6.61 Å². The molecule has 19 heavy (non-hydrogen) atoms. The molecule has 0 fully saturated rings. The monoisotopic (exact) mass is 261 g/mol. The van der Waals surface area contributed by atoms with E-state index in [-0.39, 0.29) is 23.9 Å². The van der Waals surface area contributed by atoms with E-state index in [0.717, 1.165) is 11.3 Å². The van der Waals surface area contributed by atoms with Gasteiger partial charge in [-0.1, -0.05) is 13.8 Å². The van der Waals surface area contributed by atoms with Crippen LogP contribution < -0.4 is 0 Å². The zero-order valence-electron chi connectivity index (χ0n) is 11.8. The minimum absolute atomic E-state index is 0.0856. The van der Waals surface area contributed by atoms with Crippen LogP contribution in [0.1, 0.15) is 32.0 Å². The Kier molecular flexibility index (Phi) is 5.42. The van der Waals surface area contributed by atoms with Gasteiger partial charge in [0.15, 0.2) is 5.78 Å². The molecule has 1 rings (SSSR count). The summed E-state index contributed by atoms with van der Waals surface area (Å²) in [5.41, 5.74) is 1.68. The molecular weight excluding hydrogens is 242 g/mol. The smallest absolute Gasteiger partial charge is 0.341 e. The van der Waals surface area contributed by atoms with Crippen molar-refractivity contribution in [3.8, 4) is 0 Å². The molecule has 102 valence electrons. The summed E-state index contributed by atoms with van der Waals surface area (Å²) in [5.74, 6) is -1.04. The molecule has 0 bridgehead atoms. The number of pyridine rings is 1. The van der Waals surface area contributed by atoms with Gasteiger partial charge in [0.25, 0.3) is 0 Å². The van der Waals surface area contributed by atoms with Crippen molar-refractivity contribution in [1.29, 1.82) is 0 Å². The maximum atomic E-state index is 12.1. The Bertz CT molecular complexity index is 504. The van der Waals surface area contributed by atoms with Crippen LogP contribution in [0.15, 0.2) is 23.9 Å². The van der Waals surface area contributed by atoms with Gasteiger partial charge in [-0.3, -0.25) is 9.78 Å². The van der Waals surface area contributed by atoms with E-state index in [9.17, 15) is 9.59 Å². The third-order valence-corrected chi connectivity index (χ3v) is 2.52. The zero-order chi connectivity index (χ0) is 14.4. The fraction of sp³-hybridized carbons (Fsp3) is 0.400. The normalized spacial score (nSPS) is 11.5. The fourth-order valence-electron chi connectivity index (χ4n) is 1.57. The van der Waals surface area contributed by atoms with Gasteiger partial charge in [-0.05, 0) is 37.6 Å². The SMILES string of the molecule is CCOC(=O)C(=Cc1ccnc(C)c1)C(=O)C(C)C. The quantitative estimate of drug-likeness (QED) is 0.354. The molecule has 0 amide bonds. The maximum Gasteiger partial charge on any atom is 0.341 e. The Morgan fingerprint density at radius 3 is 2.63 bits per heavy atom. The second-order valence-corrected chi connectivity index (χ2v) is 4.53. The standard InChI is InChI=1S/C15H19NO3/c1-5-19-15(18)13(14(17)10(2)3)9-12-6-7-16-11(4)8-12/h6-10H,5H2,1-4H3. The lowest BCUT2D eigenvalue weighted by Gasteiger charge is -2.08. The molecule has 0 saturated carbocycles. The molecule has 1 aromatic heterocycles. The molecule has 0 aromatic carbocycles. The van der Waals surface area contributed by atoms with Gasteiger partial charge in [0.2, 0.25) is 0 Å². The molecule has 0 aliphatic rings. The van der Waals surface area contributed by atoms with E-state index in [2.05, 4.69) is 4.98 Å². The molecular formula is C15H19NO3. The van der Waals surface area contributed by atoms with Gasteiger partial charge in [-0.25, -0.2) is 4.79 Å². The first-order valence-corrected chi connectivity index (χ1v) is 6.31. The maximum absolute atomic E-state index is 12.1. The molecule has 0 N–H and O–H groups in total. The minimum atomic E-state index is -0.573. The van der Waals surface area contributed by atoms with Crippen molar-refractivity contribution in [3.63, 3.8) is 0 Å². The van der Waals surface area contributed by atoms with Crippen LogP contribution in [0.3, 0.4) is 0 Å². The van der Waals surface area contributed by atoms with Crippen LogP contribution in [0.4, 0.5) is 0 Å². The molecule has 0 spiro atoms. The van der Waals surface area contributed by atoms with E-state index in [1.165, 1.54) is 0 Å². The fourth-order valence-corrected chi connectivity index (χ4v) is 1.57. The second kappa shape index (κ2) is 6.83. The number of ketones is 1. The van der Waals surface area contributed by atoms with Crippen molar-refractivity contribution in [1.82, 2.24) is 4.98 Å². The highest BCUT2D eigenvalue weighted by Gasteiger charge is 2.22. The van der Waals surface area contributed by atoms with E-state index in [1.807, 2.05) is 13.0 Å². The Hall–Kier alpha value is -1.97. The van der Waals surface area contributed by atoms with Crippen molar-refractivity contribution in [3.05, 3.63) is 35.2 Å². The molecule has 0 saturated heterocycles. The van der Waals surface area contributed by atoms with Crippen molar-refractivity contribution < 1.29 is 14.3 Å². The summed E-state index contributed by atoms with van der Waals surface area (Å²) in [6.07, 6.45) is 3.21. The number of Topliss-reactive ketones (excluding diaryl/α,β-unsaturated/α-hetero) is 1. The number of carbonyl (C=O) groups is 2. The van der Waals surface area contributed by atoms with Gasteiger partial charge in [0, 0.05) is 17.8 Å². The summed E-state index contributed by atoms with van der Waals surface area (Å²) < 4.78 is 4.93. The molecule has 4 heteroatoms. The number of rotatable bonds is 5. The van der Waals surface area contributed by atoms with Crippen LogP contribution in [0.5, 0.6) is 0 Å². The lowest BCUT2D eigenvalue weighted by Crippen LogP contribution is -2.19. The van der Waals surface area contributed by atoms with Gasteiger partial charge in [0.05, 0.1) is 6.61 Å². The van der Waals surface area contributed by atoms with E-state index in [0.29, 0.717) is 0 Å². The minimum Gasteiger partial charge on any atom is -0.462 e. The van der Waals surface area contributed by atoms with Crippen LogP contribution in [0.25, 0.3) is 6.08 Å². The van der Waals surface area contributed by atoms with Crippen LogP contribution in [-0.4, -0.2) is 23.3 Å². The summed E-state index contributed by atoms with van der Waals surface area (Å²) in [6, 6.07) is 3.56. The summed E-state index contributed by atoms with van der Waals surface area (Å²) >= 11 is 0. The van der Waals surface area contributed by atoms with Gasteiger partial charge >= 0.3 is 5.97 Å². The predicted octanol–water partition coefficient (Wildman–Crippen LogP) is 2.56. The Balaban J connectivity index is 3.15. The number of nitrogens with zero attached hydrogens (tertiary/aromatic N) is 1. The number of aryl methyl sites for hydroxylation is 1. The molecule has 0 aliphatic heterocycles. The summed E-state index contributed by atoms with van der Waals surface area (Å²) in [4.78, 5) is 28.0. The van der Waals surface area contributed by atoms with Gasteiger partial charge in [0.1, 0.15) is 5.57 Å². The summed E-state index contributed by atoms with van der Waals surface area (Å²) in [7, 11) is 0. The number of esters is 1. The van der Waals surface area contributed by atoms with Crippen molar-refractivity contribution >= 4 is 17.8 Å². The second-order valence-electron chi connectivity index (χ2n) is 4.53. The van der Waals surface area contributed by atoms with Gasteiger partial charge < -0.3 is 4.74 Å². The molecule has 1 heterocycles. The van der Waals surface area contributed by atoms with E-state index < -0.39 is 5.97 Å². The lowest BCUT2D eigenvalue weighted by molar-refractivity contribution is -0.140. The first-order chi connectivity index (χ1) is 8.95. The van der Waals surface area contributed by atoms with Crippen LogP contribution in [0, 0.1) is 12.8 Å². The summed E-state index contributed by atoms with van der Waals surface area (Å²) in [5, 5.41) is 0. The first kappa shape index (κ1) is 15.1. The van der Waals surface area contributed by atoms with E-state index in [1.54, 1.807) is 39.1 Å². The molecule has 4 nitrogen and oxygen atoms in total. The van der Waals surface area contributed by atoms with Crippen LogP contribution in [-0.2, 0) is 14.3 Å². The van der Waals surface area contributed by atoms with Gasteiger partial charge in [-0.15, -0.1) is 0 Å². The first-order valence-electron chi connectivity index (χ1n) is 6.31. The topological polar surface area (TPSA) is 56.3 Å². The predicted molar refractivity (Wildman–Crippen MR) is 73.4 cm³/mol. The Morgan fingerprint density at radius 1 is 1.42 bits per heavy atom. The van der Waals surface area contributed by atoms with Gasteiger partial charge in [-0.2, -0.15) is 0 Å². The average molecular weight is 261 g/mol. The zero-order valence-corrected chi connectivity index (χ0v) is 11.8. The lowest BCUT2D eigenvalue weighted by atomic mass is 9.99. The highest BCUT2D eigenvalue weighted by molar-refractivity contribution is 6.21. The third-order valence-electron chi connectivity index (χ3n) is 2.52. The molecule has 0 atom stereocenters. The molecule has 1 aromatic rings. The highest BCUT2D eigenvalue weighted by atomic mass is 16.5. The van der Waals surface area contributed by atoms with E-state index in [4.69, 9.17) is 4.74 Å². The number of aromatic nitrogens is 1.